The summed E-state index contributed by atoms with van der Waals surface area (Å²) in [5, 5.41) is 9.47. The molecule has 0 aliphatic carbocycles. The molecule has 6 nitrogen and oxygen atoms in total. The predicted molar refractivity (Wildman–Crippen MR) is 58.9 cm³/mol. The molecule has 1 fully saturated rings. The van der Waals surface area contributed by atoms with Crippen LogP contribution in [-0.2, 0) is 0 Å². The van der Waals surface area contributed by atoms with E-state index < -0.39 is 0 Å². The summed E-state index contributed by atoms with van der Waals surface area (Å²) < 4.78 is 0. The summed E-state index contributed by atoms with van der Waals surface area (Å²) in [5.74, 6) is 0.983. The third-order valence-corrected chi connectivity index (χ3v) is 3.01. The number of amides is 1. The van der Waals surface area contributed by atoms with E-state index >= 15 is 0 Å². The van der Waals surface area contributed by atoms with Crippen LogP contribution in [0.3, 0.4) is 0 Å². The van der Waals surface area contributed by atoms with Crippen molar-refractivity contribution in [2.75, 3.05) is 26.7 Å². The normalized spacial score (nSPS) is 17.7. The van der Waals surface area contributed by atoms with Crippen molar-refractivity contribution in [1.82, 2.24) is 25.4 Å². The molecule has 0 atom stereocenters. The Kier molecular flexibility index (Phi) is 3.51. The molecule has 1 aromatic rings. The molecule has 1 amide bonds. The highest BCUT2D eigenvalue weighted by molar-refractivity contribution is 5.90. The molecular formula is C10H17N5O. The van der Waals surface area contributed by atoms with Gasteiger partial charge in [0.2, 0.25) is 5.82 Å². The van der Waals surface area contributed by atoms with Crippen LogP contribution in [0.5, 0.6) is 0 Å². The Bertz CT molecular complexity index is 329. The van der Waals surface area contributed by atoms with E-state index in [0.29, 0.717) is 11.7 Å². The van der Waals surface area contributed by atoms with Gasteiger partial charge < -0.3 is 10.2 Å². The van der Waals surface area contributed by atoms with Crippen LogP contribution in [-0.4, -0.2) is 52.7 Å². The van der Waals surface area contributed by atoms with E-state index in [1.807, 2.05) is 11.9 Å². The zero-order valence-corrected chi connectivity index (χ0v) is 9.44. The first-order chi connectivity index (χ1) is 7.81. The zero-order chi connectivity index (χ0) is 11.4. The van der Waals surface area contributed by atoms with E-state index in [1.165, 1.54) is 6.33 Å². The number of nitrogens with one attached hydrogen (secondary N) is 2. The van der Waals surface area contributed by atoms with E-state index in [2.05, 4.69) is 20.5 Å². The number of likely N-dealkylation sites (tertiary alicyclic amines) is 1. The van der Waals surface area contributed by atoms with Crippen LogP contribution in [0.4, 0.5) is 0 Å². The van der Waals surface area contributed by atoms with Gasteiger partial charge in [0.15, 0.2) is 0 Å². The molecule has 0 radical (unpaired) electrons. The van der Waals surface area contributed by atoms with Gasteiger partial charge in [-0.2, -0.15) is 5.10 Å². The summed E-state index contributed by atoms with van der Waals surface area (Å²) in [6.07, 6.45) is 3.47. The number of rotatable bonds is 3. The third-order valence-electron chi connectivity index (χ3n) is 3.01. The molecule has 6 heteroatoms. The first-order valence-corrected chi connectivity index (χ1v) is 5.60. The molecule has 0 spiro atoms. The van der Waals surface area contributed by atoms with Gasteiger partial charge in [-0.15, -0.1) is 0 Å². The van der Waals surface area contributed by atoms with Crippen LogP contribution in [0.1, 0.15) is 23.5 Å². The first kappa shape index (κ1) is 11.1. The van der Waals surface area contributed by atoms with Crippen molar-refractivity contribution in [3.63, 3.8) is 0 Å². The van der Waals surface area contributed by atoms with Gasteiger partial charge in [-0.3, -0.25) is 9.89 Å². The first-order valence-electron chi connectivity index (χ1n) is 5.60. The maximum atomic E-state index is 11.9. The van der Waals surface area contributed by atoms with Crippen molar-refractivity contribution in [2.45, 2.75) is 12.8 Å². The Labute approximate surface area is 94.4 Å². The summed E-state index contributed by atoms with van der Waals surface area (Å²) in [5.41, 5.74) is 0. The molecule has 2 heterocycles. The standard InChI is InChI=1S/C10H17N5O/c1-11-6-8-2-4-15(5-3-8)10(16)9-12-7-13-14-9/h7-8,11H,2-6H2,1H3,(H,12,13,14). The Morgan fingerprint density at radius 3 is 2.94 bits per heavy atom. The molecule has 0 unspecified atom stereocenters. The summed E-state index contributed by atoms with van der Waals surface area (Å²) in [6.45, 7) is 2.65. The summed E-state index contributed by atoms with van der Waals surface area (Å²) >= 11 is 0. The number of hydrogen-bond acceptors (Lipinski definition) is 4. The summed E-state index contributed by atoms with van der Waals surface area (Å²) in [4.78, 5) is 17.6. The van der Waals surface area contributed by atoms with Crippen molar-refractivity contribution >= 4 is 5.91 Å². The molecule has 0 bridgehead atoms. The number of hydrogen-bond donors (Lipinski definition) is 2. The molecule has 2 rings (SSSR count). The lowest BCUT2D eigenvalue weighted by Crippen LogP contribution is -2.40. The molecule has 1 saturated heterocycles. The Morgan fingerprint density at radius 2 is 2.38 bits per heavy atom. The van der Waals surface area contributed by atoms with Gasteiger partial charge in [-0.25, -0.2) is 4.98 Å². The van der Waals surface area contributed by atoms with Crippen LogP contribution in [0.25, 0.3) is 0 Å². The van der Waals surface area contributed by atoms with Crippen LogP contribution >= 0.6 is 0 Å². The van der Waals surface area contributed by atoms with Gasteiger partial charge in [0.05, 0.1) is 0 Å². The van der Waals surface area contributed by atoms with Crippen LogP contribution < -0.4 is 5.32 Å². The number of aromatic nitrogens is 3. The van der Waals surface area contributed by atoms with Gasteiger partial charge >= 0.3 is 0 Å². The van der Waals surface area contributed by atoms with Crippen LogP contribution in [0.2, 0.25) is 0 Å². The SMILES string of the molecule is CNCC1CCN(C(=O)c2ncn[nH]2)CC1. The Balaban J connectivity index is 1.87. The predicted octanol–water partition coefficient (Wildman–Crippen LogP) is -0.124. The zero-order valence-electron chi connectivity index (χ0n) is 9.44. The van der Waals surface area contributed by atoms with Gasteiger partial charge in [-0.1, -0.05) is 0 Å². The number of aromatic amines is 1. The molecule has 1 aromatic heterocycles. The molecule has 1 aliphatic heterocycles. The molecule has 2 N–H and O–H groups in total. The number of carbonyl (C=O) groups excluding carboxylic acids is 1. The highest BCUT2D eigenvalue weighted by Crippen LogP contribution is 2.17. The lowest BCUT2D eigenvalue weighted by atomic mass is 9.97. The second-order valence-electron chi connectivity index (χ2n) is 4.13. The number of carbonyl (C=O) groups is 1. The largest absolute Gasteiger partial charge is 0.336 e. The van der Waals surface area contributed by atoms with Gasteiger partial charge in [0.25, 0.3) is 5.91 Å². The number of nitrogens with zero attached hydrogens (tertiary/aromatic N) is 3. The molecule has 0 aromatic carbocycles. The lowest BCUT2D eigenvalue weighted by molar-refractivity contribution is 0.0679. The number of H-pyrrole nitrogens is 1. The molecule has 0 saturated carbocycles. The minimum Gasteiger partial charge on any atom is -0.336 e. The maximum absolute atomic E-state index is 11.9. The fourth-order valence-electron chi connectivity index (χ4n) is 2.09. The van der Waals surface area contributed by atoms with Crippen molar-refractivity contribution in [3.05, 3.63) is 12.2 Å². The van der Waals surface area contributed by atoms with E-state index in [9.17, 15) is 4.79 Å². The highest BCUT2D eigenvalue weighted by atomic mass is 16.2. The monoisotopic (exact) mass is 223 g/mol. The fourth-order valence-corrected chi connectivity index (χ4v) is 2.09. The summed E-state index contributed by atoms with van der Waals surface area (Å²) in [6, 6.07) is 0. The van der Waals surface area contributed by atoms with Crippen molar-refractivity contribution in [3.8, 4) is 0 Å². The van der Waals surface area contributed by atoms with E-state index in [1.54, 1.807) is 0 Å². The third kappa shape index (κ3) is 2.38. The Morgan fingerprint density at radius 1 is 1.62 bits per heavy atom. The fraction of sp³-hybridized carbons (Fsp3) is 0.700. The second-order valence-corrected chi connectivity index (χ2v) is 4.13. The minimum atomic E-state index is -0.0413. The highest BCUT2D eigenvalue weighted by Gasteiger charge is 2.24. The Hall–Kier alpha value is -1.43. The second kappa shape index (κ2) is 5.07. The van der Waals surface area contributed by atoms with Gasteiger partial charge in [-0.05, 0) is 32.4 Å². The average Bonchev–Trinajstić information content (AvgIpc) is 2.83. The van der Waals surface area contributed by atoms with E-state index in [0.717, 1.165) is 32.5 Å². The van der Waals surface area contributed by atoms with Crippen molar-refractivity contribution in [1.29, 1.82) is 0 Å². The number of piperidine rings is 1. The van der Waals surface area contributed by atoms with Gasteiger partial charge in [0, 0.05) is 13.1 Å². The van der Waals surface area contributed by atoms with E-state index in [4.69, 9.17) is 0 Å². The summed E-state index contributed by atoms with van der Waals surface area (Å²) in [7, 11) is 1.96. The van der Waals surface area contributed by atoms with Crippen molar-refractivity contribution < 1.29 is 4.79 Å². The molecular weight excluding hydrogens is 206 g/mol. The lowest BCUT2D eigenvalue weighted by Gasteiger charge is -2.31. The minimum absolute atomic E-state index is 0.0413. The smallest absolute Gasteiger partial charge is 0.291 e. The average molecular weight is 223 g/mol. The van der Waals surface area contributed by atoms with Crippen LogP contribution in [0.15, 0.2) is 6.33 Å². The van der Waals surface area contributed by atoms with Gasteiger partial charge in [0.1, 0.15) is 6.33 Å². The molecule has 88 valence electrons. The molecule has 16 heavy (non-hydrogen) atoms. The topological polar surface area (TPSA) is 73.9 Å². The van der Waals surface area contributed by atoms with E-state index in [-0.39, 0.29) is 5.91 Å². The van der Waals surface area contributed by atoms with Crippen molar-refractivity contribution in [2.24, 2.45) is 5.92 Å². The quantitative estimate of drug-likeness (QED) is 0.749. The van der Waals surface area contributed by atoms with Crippen LogP contribution in [0, 0.1) is 5.92 Å². The molecule has 1 aliphatic rings. The maximum Gasteiger partial charge on any atom is 0.291 e.